The number of rotatable bonds is 9. The Bertz CT molecular complexity index is 260. The lowest BCUT2D eigenvalue weighted by Crippen LogP contribution is -2.44. The number of carbonyl (C=O) groups is 2. The predicted molar refractivity (Wildman–Crippen MR) is 65.6 cm³/mol. The third-order valence-electron chi connectivity index (χ3n) is 2.43. The number of urea groups is 1. The first-order chi connectivity index (χ1) is 8.54. The number of methoxy groups -OCH3 is 2. The quantitative estimate of drug-likeness (QED) is 0.617. The van der Waals surface area contributed by atoms with Crippen LogP contribution in [0.1, 0.15) is 13.3 Å². The molecule has 0 fully saturated rings. The van der Waals surface area contributed by atoms with E-state index in [2.05, 4.69) is 5.32 Å². The van der Waals surface area contributed by atoms with Gasteiger partial charge in [-0.25, -0.2) is 4.79 Å². The molecule has 0 aliphatic rings. The highest BCUT2D eigenvalue weighted by Crippen LogP contribution is 1.95. The fourth-order valence-electron chi connectivity index (χ4n) is 1.34. The molecule has 106 valence electrons. The molecule has 2 N–H and O–H groups in total. The Balaban J connectivity index is 4.06. The highest BCUT2D eigenvalue weighted by atomic mass is 16.5. The Morgan fingerprint density at radius 2 is 2.06 bits per heavy atom. The molecule has 0 aliphatic heterocycles. The van der Waals surface area contributed by atoms with Crippen molar-refractivity contribution in [3.8, 4) is 0 Å². The average molecular weight is 262 g/mol. The van der Waals surface area contributed by atoms with Crippen molar-refractivity contribution in [2.75, 3.05) is 40.5 Å². The predicted octanol–water partition coefficient (Wildman–Crippen LogP) is 0.154. The van der Waals surface area contributed by atoms with Crippen LogP contribution >= 0.6 is 0 Å². The van der Waals surface area contributed by atoms with Crippen LogP contribution in [0.4, 0.5) is 4.79 Å². The number of hydrogen-bond donors (Lipinski definition) is 2. The van der Waals surface area contributed by atoms with E-state index in [1.54, 1.807) is 14.0 Å². The molecule has 0 heterocycles. The summed E-state index contributed by atoms with van der Waals surface area (Å²) in [5.41, 5.74) is 0. The van der Waals surface area contributed by atoms with E-state index in [1.165, 1.54) is 12.0 Å². The molecule has 0 saturated heterocycles. The van der Waals surface area contributed by atoms with E-state index >= 15 is 0 Å². The Morgan fingerprint density at radius 1 is 1.39 bits per heavy atom. The van der Waals surface area contributed by atoms with Crippen LogP contribution < -0.4 is 5.32 Å². The first kappa shape index (κ1) is 16.7. The summed E-state index contributed by atoms with van der Waals surface area (Å²) in [5, 5.41) is 11.3. The summed E-state index contributed by atoms with van der Waals surface area (Å²) >= 11 is 0. The summed E-state index contributed by atoms with van der Waals surface area (Å²) in [6.07, 6.45) is -0.273. The van der Waals surface area contributed by atoms with E-state index in [1.807, 2.05) is 0 Å². The van der Waals surface area contributed by atoms with E-state index in [4.69, 9.17) is 14.6 Å². The molecule has 0 rings (SSSR count). The van der Waals surface area contributed by atoms with Crippen molar-refractivity contribution in [1.29, 1.82) is 0 Å². The Kier molecular flexibility index (Phi) is 8.95. The first-order valence-corrected chi connectivity index (χ1v) is 5.81. The van der Waals surface area contributed by atoms with Crippen LogP contribution in [0.3, 0.4) is 0 Å². The Labute approximate surface area is 107 Å². The minimum Gasteiger partial charge on any atom is -0.481 e. The molecule has 0 aromatic carbocycles. The minimum absolute atomic E-state index is 0.0625. The van der Waals surface area contributed by atoms with Gasteiger partial charge >= 0.3 is 12.0 Å². The lowest BCUT2D eigenvalue weighted by atomic mass is 10.3. The van der Waals surface area contributed by atoms with Crippen LogP contribution in [0.5, 0.6) is 0 Å². The third kappa shape index (κ3) is 7.08. The molecule has 0 aromatic rings. The van der Waals surface area contributed by atoms with Crippen LogP contribution in [-0.4, -0.2) is 68.6 Å². The summed E-state index contributed by atoms with van der Waals surface area (Å²) in [5.74, 6) is -0.921. The number of carboxylic acids is 1. The molecular formula is C11H22N2O5. The molecule has 1 unspecified atom stereocenters. The van der Waals surface area contributed by atoms with E-state index in [9.17, 15) is 9.59 Å². The number of nitrogens with zero attached hydrogens (tertiary/aromatic N) is 1. The lowest BCUT2D eigenvalue weighted by molar-refractivity contribution is -0.137. The summed E-state index contributed by atoms with van der Waals surface area (Å²) in [4.78, 5) is 23.6. The zero-order valence-corrected chi connectivity index (χ0v) is 11.1. The van der Waals surface area contributed by atoms with Gasteiger partial charge in [0.25, 0.3) is 0 Å². The molecule has 1 atom stereocenters. The number of nitrogens with one attached hydrogen (secondary N) is 1. The van der Waals surface area contributed by atoms with Crippen LogP contribution in [0.25, 0.3) is 0 Å². The van der Waals surface area contributed by atoms with E-state index in [0.29, 0.717) is 19.7 Å². The molecule has 0 radical (unpaired) electrons. The highest BCUT2D eigenvalue weighted by molar-refractivity contribution is 5.75. The monoisotopic (exact) mass is 262 g/mol. The van der Waals surface area contributed by atoms with Gasteiger partial charge in [0.1, 0.15) is 0 Å². The lowest BCUT2D eigenvalue weighted by Gasteiger charge is -2.22. The van der Waals surface area contributed by atoms with Crippen molar-refractivity contribution in [2.45, 2.75) is 19.4 Å². The maximum absolute atomic E-state index is 11.7. The number of hydrogen-bond acceptors (Lipinski definition) is 4. The normalized spacial score (nSPS) is 11.9. The molecule has 7 heteroatoms. The largest absolute Gasteiger partial charge is 0.481 e. The van der Waals surface area contributed by atoms with Gasteiger partial charge in [0.15, 0.2) is 0 Å². The molecule has 0 spiro atoms. The van der Waals surface area contributed by atoms with Gasteiger partial charge in [0.2, 0.25) is 0 Å². The van der Waals surface area contributed by atoms with Crippen LogP contribution in [-0.2, 0) is 14.3 Å². The van der Waals surface area contributed by atoms with Crippen molar-refractivity contribution in [3.63, 3.8) is 0 Å². The Hall–Kier alpha value is -1.34. The maximum atomic E-state index is 11.7. The smallest absolute Gasteiger partial charge is 0.317 e. The summed E-state index contributed by atoms with van der Waals surface area (Å²) in [7, 11) is 3.09. The third-order valence-corrected chi connectivity index (χ3v) is 2.43. The number of carboxylic acid groups (broad SMARTS) is 1. The minimum atomic E-state index is -0.921. The fourth-order valence-corrected chi connectivity index (χ4v) is 1.34. The number of amides is 2. The molecule has 0 aliphatic carbocycles. The van der Waals surface area contributed by atoms with E-state index in [0.717, 1.165) is 0 Å². The SMILES string of the molecule is CCN(CCC(=O)O)C(=O)NCC(COC)OC. The van der Waals surface area contributed by atoms with Crippen molar-refractivity contribution in [3.05, 3.63) is 0 Å². The second-order valence-corrected chi connectivity index (χ2v) is 3.72. The van der Waals surface area contributed by atoms with Crippen molar-refractivity contribution in [1.82, 2.24) is 10.2 Å². The molecule has 0 aromatic heterocycles. The number of carbonyl (C=O) groups excluding carboxylic acids is 1. The molecule has 7 nitrogen and oxygen atoms in total. The Morgan fingerprint density at radius 3 is 2.50 bits per heavy atom. The molecule has 18 heavy (non-hydrogen) atoms. The molecular weight excluding hydrogens is 240 g/mol. The summed E-state index contributed by atoms with van der Waals surface area (Å²) in [6.45, 7) is 3.16. The van der Waals surface area contributed by atoms with E-state index in [-0.39, 0.29) is 25.1 Å². The van der Waals surface area contributed by atoms with Crippen molar-refractivity contribution >= 4 is 12.0 Å². The van der Waals surface area contributed by atoms with Gasteiger partial charge in [-0.15, -0.1) is 0 Å². The van der Waals surface area contributed by atoms with Gasteiger partial charge in [-0.3, -0.25) is 4.79 Å². The first-order valence-electron chi connectivity index (χ1n) is 5.81. The summed E-state index contributed by atoms with van der Waals surface area (Å²) in [6, 6.07) is -0.295. The van der Waals surface area contributed by atoms with Gasteiger partial charge < -0.3 is 24.8 Å². The van der Waals surface area contributed by atoms with Gasteiger partial charge in [0.05, 0.1) is 19.1 Å². The second kappa shape index (κ2) is 9.67. The van der Waals surface area contributed by atoms with Crippen LogP contribution in [0, 0.1) is 0 Å². The van der Waals surface area contributed by atoms with Gasteiger partial charge in [-0.05, 0) is 6.92 Å². The topological polar surface area (TPSA) is 88.1 Å². The van der Waals surface area contributed by atoms with Gasteiger partial charge in [-0.2, -0.15) is 0 Å². The second-order valence-electron chi connectivity index (χ2n) is 3.72. The van der Waals surface area contributed by atoms with E-state index < -0.39 is 5.97 Å². The number of ether oxygens (including phenoxy) is 2. The molecule has 2 amide bonds. The van der Waals surface area contributed by atoms with Gasteiger partial charge in [0, 0.05) is 33.9 Å². The molecule has 0 saturated carbocycles. The number of aliphatic carboxylic acids is 1. The van der Waals surface area contributed by atoms with Crippen LogP contribution in [0.2, 0.25) is 0 Å². The van der Waals surface area contributed by atoms with Crippen molar-refractivity contribution in [2.24, 2.45) is 0 Å². The average Bonchev–Trinajstić information content (AvgIpc) is 2.34. The highest BCUT2D eigenvalue weighted by Gasteiger charge is 2.14. The van der Waals surface area contributed by atoms with Crippen LogP contribution in [0.15, 0.2) is 0 Å². The van der Waals surface area contributed by atoms with Gasteiger partial charge in [-0.1, -0.05) is 0 Å². The fraction of sp³-hybridized carbons (Fsp3) is 0.818. The van der Waals surface area contributed by atoms with Crippen molar-refractivity contribution < 1.29 is 24.2 Å². The molecule has 0 bridgehead atoms. The zero-order valence-electron chi connectivity index (χ0n) is 11.1. The standard InChI is InChI=1S/C11H22N2O5/c1-4-13(6-5-10(14)15)11(16)12-7-9(18-3)8-17-2/h9H,4-8H2,1-3H3,(H,12,16)(H,14,15). The zero-order chi connectivity index (χ0) is 14.0. The summed E-state index contributed by atoms with van der Waals surface area (Å²) < 4.78 is 10.0. The maximum Gasteiger partial charge on any atom is 0.317 e.